The topological polar surface area (TPSA) is 171 Å². The molecule has 2 heterocycles. The highest BCUT2D eigenvalue weighted by atomic mass is 32.2. The van der Waals surface area contributed by atoms with Crippen molar-refractivity contribution < 1.29 is 29.1 Å². The summed E-state index contributed by atoms with van der Waals surface area (Å²) >= 11 is 1.30. The molecule has 5 unspecified atom stereocenters. The van der Waals surface area contributed by atoms with Crippen molar-refractivity contribution in [2.45, 2.75) is 54.6 Å². The minimum Gasteiger partial charge on any atom is -0.480 e. The molecule has 0 spiro atoms. The minimum atomic E-state index is -1.17. The Morgan fingerprint density at radius 1 is 1.18 bits per heavy atom. The molecule has 1 aromatic carbocycles. The summed E-state index contributed by atoms with van der Waals surface area (Å²) in [4.78, 5) is 62.9. The van der Waals surface area contributed by atoms with Gasteiger partial charge in [-0.15, -0.1) is 11.8 Å². The van der Waals surface area contributed by atoms with Crippen LogP contribution in [0.3, 0.4) is 0 Å². The molecule has 1 aromatic rings. The van der Waals surface area contributed by atoms with Gasteiger partial charge in [-0.05, 0) is 19.4 Å². The monoisotopic (exact) mass is 477 g/mol. The van der Waals surface area contributed by atoms with Gasteiger partial charge in [-0.1, -0.05) is 30.3 Å². The van der Waals surface area contributed by atoms with Crippen molar-refractivity contribution in [2.24, 2.45) is 5.73 Å². The number of β-lactam (4-membered cyclic amide) rings is 1. The normalized spacial score (nSPS) is 24.7. The Labute approximate surface area is 194 Å². The molecule has 0 aromatic heterocycles. The fourth-order valence-electron chi connectivity index (χ4n) is 3.97. The number of hydrogen-bond acceptors (Lipinski definition) is 7. The molecule has 0 bridgehead atoms. The van der Waals surface area contributed by atoms with Crippen molar-refractivity contribution in [1.29, 1.82) is 0 Å². The Bertz CT molecular complexity index is 971. The van der Waals surface area contributed by atoms with Crippen LogP contribution in [0.5, 0.6) is 0 Å². The van der Waals surface area contributed by atoms with Crippen LogP contribution in [0.25, 0.3) is 0 Å². The van der Waals surface area contributed by atoms with Gasteiger partial charge in [0.05, 0.1) is 12.5 Å². The zero-order valence-electron chi connectivity index (χ0n) is 18.4. The number of nitrogens with zero attached hydrogens (tertiary/aromatic N) is 1. The summed E-state index contributed by atoms with van der Waals surface area (Å²) in [5.74, 6) is -3.36. The molecule has 2 aliphatic rings. The maximum atomic E-state index is 13.2. The summed E-state index contributed by atoms with van der Waals surface area (Å²) in [5.41, 5.74) is 6.26. The van der Waals surface area contributed by atoms with Gasteiger partial charge in [-0.25, -0.2) is 4.79 Å². The molecule has 178 valence electrons. The molecular weight excluding hydrogens is 450 g/mol. The molecule has 0 aliphatic carbocycles. The lowest BCUT2D eigenvalue weighted by molar-refractivity contribution is -0.161. The van der Waals surface area contributed by atoms with Crippen molar-refractivity contribution in [3.63, 3.8) is 0 Å². The van der Waals surface area contributed by atoms with Gasteiger partial charge >= 0.3 is 5.97 Å². The Kier molecular flexibility index (Phi) is 6.98. The number of nitrogens with two attached hydrogens (primary N) is 1. The van der Waals surface area contributed by atoms with Crippen LogP contribution in [0.2, 0.25) is 0 Å². The van der Waals surface area contributed by atoms with Crippen molar-refractivity contribution in [2.75, 3.05) is 7.05 Å². The number of fused-ring (bicyclic) bond motifs is 1. The number of carbonyl (C=O) groups excluding carboxylic acids is 4. The van der Waals surface area contributed by atoms with E-state index in [9.17, 15) is 29.1 Å². The standard InChI is InChI=1S/C21H27N5O6S/c1-21(2)15(20(31)32)26-18(30)14(19(26)33-21)25-17(29)13(10-7-5-4-6-8-10)24-16(28)11(22)9-12(27)23-3/h4-8,11,13-15,19H,9,22H2,1-3H3,(H,23,27)(H,24,28)(H,25,29)(H,31,32). The first-order valence-corrected chi connectivity index (χ1v) is 11.2. The van der Waals surface area contributed by atoms with Gasteiger partial charge in [-0.3, -0.25) is 19.2 Å². The van der Waals surface area contributed by atoms with Crippen molar-refractivity contribution in [3.05, 3.63) is 35.9 Å². The average Bonchev–Trinajstić information content (AvgIpc) is 3.03. The molecule has 2 aliphatic heterocycles. The van der Waals surface area contributed by atoms with Gasteiger partial charge in [0.1, 0.15) is 23.5 Å². The van der Waals surface area contributed by atoms with Crippen LogP contribution in [0, 0.1) is 0 Å². The smallest absolute Gasteiger partial charge is 0.327 e. The van der Waals surface area contributed by atoms with Crippen molar-refractivity contribution in [3.8, 4) is 0 Å². The first kappa shape index (κ1) is 24.5. The first-order valence-electron chi connectivity index (χ1n) is 10.3. The van der Waals surface area contributed by atoms with Crippen LogP contribution in [-0.4, -0.2) is 74.9 Å². The SMILES string of the molecule is CNC(=O)CC(N)C(=O)NC(C(=O)NC1C(=O)N2C1SC(C)(C)C2C(=O)O)c1ccccc1. The lowest BCUT2D eigenvalue weighted by atomic mass is 9.95. The van der Waals surface area contributed by atoms with E-state index in [1.165, 1.54) is 23.7 Å². The minimum absolute atomic E-state index is 0.258. The Morgan fingerprint density at radius 2 is 1.82 bits per heavy atom. The van der Waals surface area contributed by atoms with E-state index in [1.54, 1.807) is 44.2 Å². The quantitative estimate of drug-likeness (QED) is 0.295. The van der Waals surface area contributed by atoms with E-state index in [0.29, 0.717) is 5.56 Å². The molecule has 2 saturated heterocycles. The van der Waals surface area contributed by atoms with Gasteiger partial charge in [0.15, 0.2) is 0 Å². The largest absolute Gasteiger partial charge is 0.480 e. The second-order valence-corrected chi connectivity index (χ2v) is 10.2. The highest BCUT2D eigenvalue weighted by molar-refractivity contribution is 8.01. The molecule has 4 amide bonds. The zero-order chi connectivity index (χ0) is 24.5. The molecule has 12 heteroatoms. The number of amides is 4. The summed E-state index contributed by atoms with van der Waals surface area (Å²) in [6.07, 6.45) is -0.258. The van der Waals surface area contributed by atoms with Crippen LogP contribution in [0.15, 0.2) is 30.3 Å². The molecule has 2 fully saturated rings. The van der Waals surface area contributed by atoms with Crippen molar-refractivity contribution in [1.82, 2.24) is 20.9 Å². The average molecular weight is 478 g/mol. The number of benzene rings is 1. The molecule has 11 nitrogen and oxygen atoms in total. The van der Waals surface area contributed by atoms with Gasteiger partial charge in [0.25, 0.3) is 0 Å². The van der Waals surface area contributed by atoms with Gasteiger partial charge in [0, 0.05) is 11.8 Å². The van der Waals surface area contributed by atoms with Crippen LogP contribution in [0.4, 0.5) is 0 Å². The third kappa shape index (κ3) is 4.81. The maximum Gasteiger partial charge on any atom is 0.327 e. The second kappa shape index (κ2) is 9.40. The predicted octanol–water partition coefficient (Wildman–Crippen LogP) is -1.06. The lowest BCUT2D eigenvalue weighted by Crippen LogP contribution is -2.71. The number of carboxylic acids is 1. The molecule has 5 atom stereocenters. The number of carbonyl (C=O) groups is 5. The van der Waals surface area contributed by atoms with E-state index in [0.717, 1.165) is 0 Å². The highest BCUT2D eigenvalue weighted by Gasteiger charge is 2.64. The summed E-state index contributed by atoms with van der Waals surface area (Å²) in [5, 5.41) is 16.6. The Balaban J connectivity index is 1.75. The summed E-state index contributed by atoms with van der Waals surface area (Å²) < 4.78 is -0.731. The Morgan fingerprint density at radius 3 is 2.39 bits per heavy atom. The molecule has 0 radical (unpaired) electrons. The van der Waals surface area contributed by atoms with Crippen LogP contribution >= 0.6 is 11.8 Å². The molecule has 33 heavy (non-hydrogen) atoms. The van der Waals surface area contributed by atoms with E-state index in [2.05, 4.69) is 16.0 Å². The van der Waals surface area contributed by atoms with E-state index in [-0.39, 0.29) is 6.42 Å². The summed E-state index contributed by atoms with van der Waals surface area (Å²) in [6.45, 7) is 3.48. The van der Waals surface area contributed by atoms with E-state index >= 15 is 0 Å². The number of nitrogens with one attached hydrogen (secondary N) is 3. The highest BCUT2D eigenvalue weighted by Crippen LogP contribution is 2.50. The number of carboxylic acid groups (broad SMARTS) is 1. The van der Waals surface area contributed by atoms with Gasteiger partial charge < -0.3 is 31.7 Å². The fourth-order valence-corrected chi connectivity index (χ4v) is 5.60. The number of aliphatic carboxylic acids is 1. The van der Waals surface area contributed by atoms with Crippen molar-refractivity contribution >= 4 is 41.4 Å². The number of thioether (sulfide) groups is 1. The molecule has 0 saturated carbocycles. The van der Waals surface area contributed by atoms with Gasteiger partial charge in [-0.2, -0.15) is 0 Å². The summed E-state index contributed by atoms with van der Waals surface area (Å²) in [6, 6.07) is 4.14. The Hall–Kier alpha value is -3.12. The second-order valence-electron chi connectivity index (χ2n) is 8.42. The molecule has 3 rings (SSSR count). The zero-order valence-corrected chi connectivity index (χ0v) is 19.2. The van der Waals surface area contributed by atoms with E-state index < -0.39 is 63.9 Å². The fraction of sp³-hybridized carbons (Fsp3) is 0.476. The maximum absolute atomic E-state index is 13.2. The van der Waals surface area contributed by atoms with Crippen LogP contribution in [-0.2, 0) is 24.0 Å². The third-order valence-electron chi connectivity index (χ3n) is 5.68. The number of rotatable bonds is 8. The van der Waals surface area contributed by atoms with E-state index in [1.807, 2.05) is 0 Å². The van der Waals surface area contributed by atoms with Crippen LogP contribution < -0.4 is 21.7 Å². The van der Waals surface area contributed by atoms with Gasteiger partial charge in [0.2, 0.25) is 23.6 Å². The predicted molar refractivity (Wildman–Crippen MR) is 120 cm³/mol. The van der Waals surface area contributed by atoms with Crippen LogP contribution in [0.1, 0.15) is 31.9 Å². The molecular formula is C21H27N5O6S. The first-order chi connectivity index (χ1) is 15.5. The third-order valence-corrected chi connectivity index (χ3v) is 7.25. The summed E-state index contributed by atoms with van der Waals surface area (Å²) in [7, 11) is 1.42. The molecule has 6 N–H and O–H groups in total. The van der Waals surface area contributed by atoms with E-state index in [4.69, 9.17) is 5.73 Å². The number of hydrogen-bond donors (Lipinski definition) is 5. The lowest BCUT2D eigenvalue weighted by Gasteiger charge is -2.44.